The SMILES string of the molecule is C=CC(=O)NC(CC)n1cnc2ccccc21. The smallest absolute Gasteiger partial charge is 0.244 e. The van der Waals surface area contributed by atoms with Crippen molar-refractivity contribution >= 4 is 16.9 Å². The molecule has 1 aromatic carbocycles. The minimum atomic E-state index is -0.172. The van der Waals surface area contributed by atoms with Crippen LogP contribution in [0.4, 0.5) is 0 Å². The summed E-state index contributed by atoms with van der Waals surface area (Å²) in [6.45, 7) is 5.47. The van der Waals surface area contributed by atoms with E-state index in [1.165, 1.54) is 6.08 Å². The Balaban J connectivity index is 2.36. The topological polar surface area (TPSA) is 46.9 Å². The third kappa shape index (κ3) is 2.20. The zero-order valence-electron chi connectivity index (χ0n) is 9.76. The van der Waals surface area contributed by atoms with Crippen LogP contribution in [0, 0.1) is 0 Å². The second kappa shape index (κ2) is 4.82. The van der Waals surface area contributed by atoms with E-state index in [0.29, 0.717) is 0 Å². The fraction of sp³-hybridized carbons (Fsp3) is 0.231. The van der Waals surface area contributed by atoms with Gasteiger partial charge in [-0.15, -0.1) is 0 Å². The van der Waals surface area contributed by atoms with Crippen molar-refractivity contribution in [1.29, 1.82) is 0 Å². The van der Waals surface area contributed by atoms with E-state index in [1.807, 2.05) is 35.8 Å². The van der Waals surface area contributed by atoms with E-state index in [0.717, 1.165) is 17.5 Å². The summed E-state index contributed by atoms with van der Waals surface area (Å²) in [5.74, 6) is -0.172. The highest BCUT2D eigenvalue weighted by molar-refractivity contribution is 5.87. The highest BCUT2D eigenvalue weighted by Gasteiger charge is 2.12. The first-order valence-electron chi connectivity index (χ1n) is 5.60. The lowest BCUT2D eigenvalue weighted by Crippen LogP contribution is -2.30. The Morgan fingerprint density at radius 3 is 3.06 bits per heavy atom. The van der Waals surface area contributed by atoms with Gasteiger partial charge in [-0.1, -0.05) is 25.6 Å². The third-order valence-electron chi connectivity index (χ3n) is 2.70. The van der Waals surface area contributed by atoms with Crippen LogP contribution in [0.5, 0.6) is 0 Å². The van der Waals surface area contributed by atoms with Crippen molar-refractivity contribution in [1.82, 2.24) is 14.9 Å². The molecule has 0 saturated carbocycles. The number of amides is 1. The molecular weight excluding hydrogens is 214 g/mol. The molecule has 0 aliphatic carbocycles. The number of fused-ring (bicyclic) bond motifs is 1. The predicted molar refractivity (Wildman–Crippen MR) is 67.4 cm³/mol. The number of carbonyl (C=O) groups is 1. The van der Waals surface area contributed by atoms with Crippen LogP contribution in [0.2, 0.25) is 0 Å². The van der Waals surface area contributed by atoms with Gasteiger partial charge in [-0.25, -0.2) is 4.98 Å². The Morgan fingerprint density at radius 1 is 1.59 bits per heavy atom. The van der Waals surface area contributed by atoms with Gasteiger partial charge in [-0.2, -0.15) is 0 Å². The molecule has 1 heterocycles. The highest BCUT2D eigenvalue weighted by atomic mass is 16.1. The molecule has 0 spiro atoms. The monoisotopic (exact) mass is 229 g/mol. The molecule has 1 amide bonds. The van der Waals surface area contributed by atoms with E-state index in [-0.39, 0.29) is 12.1 Å². The molecule has 2 rings (SSSR count). The van der Waals surface area contributed by atoms with E-state index >= 15 is 0 Å². The van der Waals surface area contributed by atoms with E-state index in [4.69, 9.17) is 0 Å². The number of hydrogen-bond donors (Lipinski definition) is 1. The largest absolute Gasteiger partial charge is 0.332 e. The van der Waals surface area contributed by atoms with Crippen LogP contribution in [0.1, 0.15) is 19.5 Å². The second-order valence-electron chi connectivity index (χ2n) is 3.78. The van der Waals surface area contributed by atoms with Gasteiger partial charge in [0.15, 0.2) is 0 Å². The Bertz CT molecular complexity index is 544. The molecule has 1 atom stereocenters. The van der Waals surface area contributed by atoms with E-state index < -0.39 is 0 Å². The fourth-order valence-corrected chi connectivity index (χ4v) is 1.82. The molecule has 0 aliphatic heterocycles. The van der Waals surface area contributed by atoms with Gasteiger partial charge in [0, 0.05) is 0 Å². The van der Waals surface area contributed by atoms with Crippen LogP contribution in [0.3, 0.4) is 0 Å². The van der Waals surface area contributed by atoms with Crippen LogP contribution in [-0.2, 0) is 4.79 Å². The van der Waals surface area contributed by atoms with Crippen LogP contribution in [0.25, 0.3) is 11.0 Å². The summed E-state index contributed by atoms with van der Waals surface area (Å²) in [7, 11) is 0. The van der Waals surface area contributed by atoms with Gasteiger partial charge in [-0.05, 0) is 24.6 Å². The molecule has 1 aromatic heterocycles. The Hall–Kier alpha value is -2.10. The molecule has 0 fully saturated rings. The second-order valence-corrected chi connectivity index (χ2v) is 3.78. The van der Waals surface area contributed by atoms with Crippen molar-refractivity contribution in [2.75, 3.05) is 0 Å². The summed E-state index contributed by atoms with van der Waals surface area (Å²) in [5, 5.41) is 2.88. The lowest BCUT2D eigenvalue weighted by molar-refractivity contribution is -0.117. The molecule has 0 bridgehead atoms. The number of rotatable bonds is 4. The third-order valence-corrected chi connectivity index (χ3v) is 2.70. The first-order chi connectivity index (χ1) is 8.26. The molecule has 1 unspecified atom stereocenters. The van der Waals surface area contributed by atoms with Crippen LogP contribution in [0.15, 0.2) is 43.2 Å². The van der Waals surface area contributed by atoms with Gasteiger partial charge >= 0.3 is 0 Å². The van der Waals surface area contributed by atoms with E-state index in [1.54, 1.807) is 6.33 Å². The maximum absolute atomic E-state index is 11.3. The lowest BCUT2D eigenvalue weighted by Gasteiger charge is -2.18. The molecule has 0 aliphatic rings. The van der Waals surface area contributed by atoms with Gasteiger partial charge in [0.25, 0.3) is 0 Å². The minimum absolute atomic E-state index is 0.0899. The van der Waals surface area contributed by atoms with Crippen LogP contribution in [-0.4, -0.2) is 15.5 Å². The molecule has 0 radical (unpaired) electrons. The average Bonchev–Trinajstić information content (AvgIpc) is 2.79. The molecule has 4 heteroatoms. The van der Waals surface area contributed by atoms with Crippen molar-refractivity contribution in [3.8, 4) is 0 Å². The highest BCUT2D eigenvalue weighted by Crippen LogP contribution is 2.17. The van der Waals surface area contributed by atoms with Crippen LogP contribution >= 0.6 is 0 Å². The lowest BCUT2D eigenvalue weighted by atomic mass is 10.3. The van der Waals surface area contributed by atoms with Gasteiger partial charge < -0.3 is 9.88 Å². The van der Waals surface area contributed by atoms with E-state index in [9.17, 15) is 4.79 Å². The van der Waals surface area contributed by atoms with Crippen molar-refractivity contribution in [3.05, 3.63) is 43.2 Å². The fourth-order valence-electron chi connectivity index (χ4n) is 1.82. The summed E-state index contributed by atoms with van der Waals surface area (Å²) in [6, 6.07) is 7.85. The van der Waals surface area contributed by atoms with Gasteiger partial charge in [0.05, 0.1) is 17.4 Å². The number of carbonyl (C=O) groups excluding carboxylic acids is 1. The number of benzene rings is 1. The Labute approximate surface area is 100.0 Å². The van der Waals surface area contributed by atoms with Crippen molar-refractivity contribution < 1.29 is 4.79 Å². The van der Waals surface area contributed by atoms with Gasteiger partial charge in [0.1, 0.15) is 6.17 Å². The summed E-state index contributed by atoms with van der Waals surface area (Å²) in [6.07, 6.45) is 3.73. The molecule has 1 N–H and O–H groups in total. The maximum atomic E-state index is 11.3. The molecule has 4 nitrogen and oxygen atoms in total. The molecule has 88 valence electrons. The number of hydrogen-bond acceptors (Lipinski definition) is 2. The van der Waals surface area contributed by atoms with Crippen molar-refractivity contribution in [2.45, 2.75) is 19.5 Å². The van der Waals surface area contributed by atoms with Gasteiger partial charge in [0.2, 0.25) is 5.91 Å². The number of imidazole rings is 1. The number of nitrogens with one attached hydrogen (secondary N) is 1. The standard InChI is InChI=1S/C13H15N3O/c1-3-12(15-13(17)4-2)16-9-14-10-7-5-6-8-11(10)16/h4-9,12H,2-3H2,1H3,(H,15,17). The molecule has 0 saturated heterocycles. The molecular formula is C13H15N3O. The Kier molecular flexibility index (Phi) is 3.23. The molecule has 17 heavy (non-hydrogen) atoms. The quantitative estimate of drug-likeness (QED) is 0.817. The number of para-hydroxylation sites is 2. The van der Waals surface area contributed by atoms with E-state index in [2.05, 4.69) is 16.9 Å². The maximum Gasteiger partial charge on any atom is 0.244 e. The Morgan fingerprint density at radius 2 is 2.35 bits per heavy atom. The van der Waals surface area contributed by atoms with Crippen LogP contribution < -0.4 is 5.32 Å². The average molecular weight is 229 g/mol. The van der Waals surface area contributed by atoms with Crippen molar-refractivity contribution in [3.63, 3.8) is 0 Å². The summed E-state index contributed by atoms with van der Waals surface area (Å²) < 4.78 is 1.97. The number of nitrogens with zero attached hydrogens (tertiary/aromatic N) is 2. The minimum Gasteiger partial charge on any atom is -0.332 e. The first kappa shape index (κ1) is 11.4. The van der Waals surface area contributed by atoms with Gasteiger partial charge in [-0.3, -0.25) is 4.79 Å². The number of aromatic nitrogens is 2. The normalized spacial score (nSPS) is 12.3. The molecule has 2 aromatic rings. The van der Waals surface area contributed by atoms with Crippen molar-refractivity contribution in [2.24, 2.45) is 0 Å². The summed E-state index contributed by atoms with van der Waals surface area (Å²) in [4.78, 5) is 15.7. The summed E-state index contributed by atoms with van der Waals surface area (Å²) in [5.41, 5.74) is 1.95. The summed E-state index contributed by atoms with van der Waals surface area (Å²) >= 11 is 0. The zero-order valence-corrected chi connectivity index (χ0v) is 9.76. The predicted octanol–water partition coefficient (Wildman–Crippen LogP) is 2.25. The zero-order chi connectivity index (χ0) is 12.3. The first-order valence-corrected chi connectivity index (χ1v) is 5.60.